The molecule has 0 aliphatic heterocycles. The lowest BCUT2D eigenvalue weighted by atomic mass is 10.2. The molecule has 0 aliphatic carbocycles. The molecule has 0 spiro atoms. The summed E-state index contributed by atoms with van der Waals surface area (Å²) in [6.45, 7) is 6.24. The maximum atomic E-state index is 4.52. The molecule has 2 aromatic rings. The average molecular weight is 265 g/mol. The zero-order valence-corrected chi connectivity index (χ0v) is 10.7. The van der Waals surface area contributed by atoms with Gasteiger partial charge in [0.1, 0.15) is 0 Å². The average Bonchev–Trinajstić information content (AvgIpc) is 2.46. The zero-order chi connectivity index (χ0) is 11.0. The second-order valence-corrected chi connectivity index (χ2v) is 4.60. The van der Waals surface area contributed by atoms with Crippen molar-refractivity contribution in [1.82, 2.24) is 9.78 Å². The highest BCUT2D eigenvalue weighted by molar-refractivity contribution is 9.10. The summed E-state index contributed by atoms with van der Waals surface area (Å²) in [6.07, 6.45) is 0. The molecule has 0 aliphatic rings. The Balaban J connectivity index is 2.59. The van der Waals surface area contributed by atoms with Crippen LogP contribution in [0.5, 0.6) is 0 Å². The Hall–Kier alpha value is -1.09. The van der Waals surface area contributed by atoms with Crippen molar-refractivity contribution in [2.24, 2.45) is 0 Å². The Labute approximate surface area is 98.1 Å². The first-order valence-electron chi connectivity index (χ1n) is 4.88. The highest BCUT2D eigenvalue weighted by atomic mass is 79.9. The van der Waals surface area contributed by atoms with Gasteiger partial charge in [0.15, 0.2) is 0 Å². The fourth-order valence-electron chi connectivity index (χ4n) is 1.58. The fraction of sp³-hybridized carbons (Fsp3) is 0.250. The minimum absolute atomic E-state index is 1.07. The quantitative estimate of drug-likeness (QED) is 0.770. The third kappa shape index (κ3) is 1.84. The van der Waals surface area contributed by atoms with Gasteiger partial charge >= 0.3 is 0 Å². The lowest BCUT2D eigenvalue weighted by Crippen LogP contribution is -1.98. The van der Waals surface area contributed by atoms with Crippen molar-refractivity contribution in [3.8, 4) is 5.69 Å². The highest BCUT2D eigenvalue weighted by Gasteiger charge is 2.08. The van der Waals surface area contributed by atoms with E-state index in [1.54, 1.807) is 0 Å². The van der Waals surface area contributed by atoms with Gasteiger partial charge in [0.25, 0.3) is 0 Å². The number of aryl methyl sites for hydroxylation is 1. The van der Waals surface area contributed by atoms with Crippen LogP contribution in [-0.4, -0.2) is 9.78 Å². The predicted octanol–water partition coefficient (Wildman–Crippen LogP) is 3.56. The molecule has 0 fully saturated rings. The molecular weight excluding hydrogens is 252 g/mol. The van der Waals surface area contributed by atoms with Crippen LogP contribution in [0.4, 0.5) is 0 Å². The molecule has 2 nitrogen and oxygen atoms in total. The van der Waals surface area contributed by atoms with Crippen molar-refractivity contribution in [1.29, 1.82) is 0 Å². The lowest BCUT2D eigenvalue weighted by Gasteiger charge is -2.04. The Morgan fingerprint density at radius 3 is 2.47 bits per heavy atom. The van der Waals surface area contributed by atoms with Crippen molar-refractivity contribution in [3.05, 3.63) is 45.7 Å². The summed E-state index contributed by atoms with van der Waals surface area (Å²) in [6, 6.07) is 8.16. The van der Waals surface area contributed by atoms with Crippen molar-refractivity contribution in [2.45, 2.75) is 20.8 Å². The van der Waals surface area contributed by atoms with Crippen LogP contribution in [0.3, 0.4) is 0 Å². The van der Waals surface area contributed by atoms with Crippen LogP contribution >= 0.6 is 15.9 Å². The topological polar surface area (TPSA) is 17.8 Å². The van der Waals surface area contributed by atoms with E-state index in [1.807, 2.05) is 23.7 Å². The zero-order valence-electron chi connectivity index (χ0n) is 9.08. The van der Waals surface area contributed by atoms with Gasteiger partial charge in [0.2, 0.25) is 0 Å². The fourth-order valence-corrected chi connectivity index (χ4v) is 1.97. The summed E-state index contributed by atoms with van der Waals surface area (Å²) in [4.78, 5) is 0. The first kappa shape index (κ1) is 10.4. The smallest absolute Gasteiger partial charge is 0.0660 e. The molecule has 0 saturated carbocycles. The Morgan fingerprint density at radius 1 is 1.20 bits per heavy atom. The van der Waals surface area contributed by atoms with Gasteiger partial charge in [-0.2, -0.15) is 5.10 Å². The normalized spacial score (nSPS) is 10.7. The highest BCUT2D eigenvalue weighted by Crippen LogP contribution is 2.19. The van der Waals surface area contributed by atoms with Crippen LogP contribution in [0.2, 0.25) is 0 Å². The molecule has 0 unspecified atom stereocenters. The van der Waals surface area contributed by atoms with Gasteiger partial charge in [-0.15, -0.1) is 0 Å². The van der Waals surface area contributed by atoms with Crippen LogP contribution in [0, 0.1) is 20.8 Å². The Kier molecular flexibility index (Phi) is 2.65. The number of hydrogen-bond donors (Lipinski definition) is 0. The lowest BCUT2D eigenvalue weighted by molar-refractivity contribution is 0.832. The number of aromatic nitrogens is 2. The summed E-state index contributed by atoms with van der Waals surface area (Å²) in [7, 11) is 0. The molecule has 0 atom stereocenters. The third-order valence-electron chi connectivity index (χ3n) is 2.71. The molecule has 3 heteroatoms. The molecule has 0 saturated heterocycles. The maximum absolute atomic E-state index is 4.52. The number of hydrogen-bond acceptors (Lipinski definition) is 1. The number of benzene rings is 1. The second kappa shape index (κ2) is 3.81. The van der Waals surface area contributed by atoms with E-state index in [-0.39, 0.29) is 0 Å². The SMILES string of the molecule is Cc1nn(-c2cccc(Br)c2)c(C)c1C. The largest absolute Gasteiger partial charge is 0.238 e. The van der Waals surface area contributed by atoms with Gasteiger partial charge < -0.3 is 0 Å². The molecule has 1 heterocycles. The monoisotopic (exact) mass is 264 g/mol. The van der Waals surface area contributed by atoms with Crippen molar-refractivity contribution >= 4 is 15.9 Å². The van der Waals surface area contributed by atoms with Gasteiger partial charge in [-0.05, 0) is 44.5 Å². The van der Waals surface area contributed by atoms with Crippen LogP contribution in [0.1, 0.15) is 17.0 Å². The first-order chi connectivity index (χ1) is 7.09. The van der Waals surface area contributed by atoms with E-state index >= 15 is 0 Å². The summed E-state index contributed by atoms with van der Waals surface area (Å²) < 4.78 is 3.06. The van der Waals surface area contributed by atoms with Crippen LogP contribution < -0.4 is 0 Å². The van der Waals surface area contributed by atoms with Crippen LogP contribution in [0.15, 0.2) is 28.7 Å². The third-order valence-corrected chi connectivity index (χ3v) is 3.20. The van der Waals surface area contributed by atoms with Gasteiger partial charge in [-0.25, -0.2) is 4.68 Å². The molecule has 15 heavy (non-hydrogen) atoms. The maximum Gasteiger partial charge on any atom is 0.0660 e. The van der Waals surface area contributed by atoms with Crippen molar-refractivity contribution < 1.29 is 0 Å². The van der Waals surface area contributed by atoms with E-state index in [9.17, 15) is 0 Å². The minimum atomic E-state index is 1.07. The molecule has 2 rings (SSSR count). The van der Waals surface area contributed by atoms with Crippen LogP contribution in [0.25, 0.3) is 5.69 Å². The second-order valence-electron chi connectivity index (χ2n) is 3.69. The van der Waals surface area contributed by atoms with E-state index in [1.165, 1.54) is 11.3 Å². The number of rotatable bonds is 1. The van der Waals surface area contributed by atoms with Gasteiger partial charge in [0.05, 0.1) is 11.4 Å². The van der Waals surface area contributed by atoms with E-state index in [2.05, 4.69) is 47.0 Å². The molecule has 1 aromatic heterocycles. The van der Waals surface area contributed by atoms with Crippen LogP contribution in [-0.2, 0) is 0 Å². The molecule has 0 radical (unpaired) electrons. The Bertz CT molecular complexity index is 500. The van der Waals surface area contributed by atoms with Crippen molar-refractivity contribution in [2.75, 3.05) is 0 Å². The van der Waals surface area contributed by atoms with Gasteiger partial charge in [-0.3, -0.25) is 0 Å². The molecule has 1 aromatic carbocycles. The molecule has 0 N–H and O–H groups in total. The number of halogens is 1. The standard InChI is InChI=1S/C12H13BrN2/c1-8-9(2)14-15(10(8)3)12-6-4-5-11(13)7-12/h4-7H,1-3H3. The molecular formula is C12H13BrN2. The summed E-state index contributed by atoms with van der Waals surface area (Å²) in [5.74, 6) is 0. The minimum Gasteiger partial charge on any atom is -0.238 e. The van der Waals surface area contributed by atoms with E-state index in [0.717, 1.165) is 15.9 Å². The summed E-state index contributed by atoms with van der Waals surface area (Å²) >= 11 is 3.47. The van der Waals surface area contributed by atoms with E-state index in [4.69, 9.17) is 0 Å². The molecule has 0 amide bonds. The molecule has 78 valence electrons. The molecule has 0 bridgehead atoms. The van der Waals surface area contributed by atoms with Crippen molar-refractivity contribution in [3.63, 3.8) is 0 Å². The summed E-state index contributed by atoms with van der Waals surface area (Å²) in [5.41, 5.74) is 4.64. The Morgan fingerprint density at radius 2 is 1.93 bits per heavy atom. The van der Waals surface area contributed by atoms with E-state index in [0.29, 0.717) is 0 Å². The van der Waals surface area contributed by atoms with E-state index < -0.39 is 0 Å². The predicted molar refractivity (Wildman–Crippen MR) is 65.5 cm³/mol. The number of nitrogens with zero attached hydrogens (tertiary/aromatic N) is 2. The first-order valence-corrected chi connectivity index (χ1v) is 5.67. The van der Waals surface area contributed by atoms with Gasteiger partial charge in [-0.1, -0.05) is 22.0 Å². The van der Waals surface area contributed by atoms with Gasteiger partial charge in [0, 0.05) is 10.2 Å². The summed E-state index contributed by atoms with van der Waals surface area (Å²) in [5, 5.41) is 4.52.